The maximum absolute atomic E-state index is 14.3. The number of guanidine groups is 1. The van der Waals surface area contributed by atoms with Gasteiger partial charge < -0.3 is 15.5 Å². The molecule has 1 aliphatic rings. The van der Waals surface area contributed by atoms with Crippen molar-refractivity contribution >= 4 is 35.8 Å². The number of hydrogen-bond donors (Lipinski definition) is 2. The predicted molar refractivity (Wildman–Crippen MR) is 130 cm³/mol. The van der Waals surface area contributed by atoms with Gasteiger partial charge in [0, 0.05) is 26.1 Å². The zero-order chi connectivity index (χ0) is 20.9. The maximum atomic E-state index is 14.3. The van der Waals surface area contributed by atoms with Gasteiger partial charge >= 0.3 is 0 Å². The Bertz CT molecular complexity index is 869. The molecular formula is C23H30FIN4O. The minimum atomic E-state index is -0.213. The first-order valence-corrected chi connectivity index (χ1v) is 9.96. The van der Waals surface area contributed by atoms with Crippen LogP contribution in [0.3, 0.4) is 0 Å². The van der Waals surface area contributed by atoms with Crippen molar-refractivity contribution in [3.8, 4) is 0 Å². The minimum absolute atomic E-state index is 0. The number of carbonyl (C=O) groups excluding carboxylic acids is 1. The van der Waals surface area contributed by atoms with Crippen molar-refractivity contribution in [2.45, 2.75) is 31.2 Å². The molecule has 7 heteroatoms. The molecule has 1 aliphatic carbocycles. The van der Waals surface area contributed by atoms with E-state index in [1.165, 1.54) is 11.0 Å². The lowest BCUT2D eigenvalue weighted by atomic mass is 9.95. The molecule has 1 amide bonds. The lowest BCUT2D eigenvalue weighted by Gasteiger charge is -2.22. The summed E-state index contributed by atoms with van der Waals surface area (Å²) < 4.78 is 14.3. The first-order chi connectivity index (χ1) is 13.9. The van der Waals surface area contributed by atoms with E-state index in [-0.39, 0.29) is 53.7 Å². The Hall–Kier alpha value is -2.16. The summed E-state index contributed by atoms with van der Waals surface area (Å²) in [7, 11) is 3.42. The van der Waals surface area contributed by atoms with Gasteiger partial charge in [0.05, 0.1) is 6.04 Å². The molecule has 1 atom stereocenters. The number of rotatable bonds is 7. The average Bonchev–Trinajstić information content (AvgIpc) is 3.51. The van der Waals surface area contributed by atoms with Crippen LogP contribution in [0.25, 0.3) is 0 Å². The van der Waals surface area contributed by atoms with Crippen LogP contribution >= 0.6 is 24.0 Å². The molecule has 1 fully saturated rings. The molecule has 2 aromatic carbocycles. The number of hydrogen-bond acceptors (Lipinski definition) is 2. The number of halogens is 2. The summed E-state index contributed by atoms with van der Waals surface area (Å²) in [6, 6.07) is 17.0. The third kappa shape index (κ3) is 6.17. The van der Waals surface area contributed by atoms with Crippen LogP contribution in [0.2, 0.25) is 0 Å². The SMILES string of the molecule is CC(NC(=NCC(=O)N(C)C)NCC1(c2ccccc2F)CC1)c1ccccc1.I. The number of nitrogens with zero attached hydrogens (tertiary/aromatic N) is 2. The molecule has 162 valence electrons. The molecule has 0 aliphatic heterocycles. The molecule has 0 radical (unpaired) electrons. The lowest BCUT2D eigenvalue weighted by molar-refractivity contribution is -0.127. The number of amides is 1. The minimum Gasteiger partial charge on any atom is -0.355 e. The number of carbonyl (C=O) groups is 1. The van der Waals surface area contributed by atoms with Crippen LogP contribution in [-0.4, -0.2) is 44.0 Å². The molecule has 0 aromatic heterocycles. The summed E-state index contributed by atoms with van der Waals surface area (Å²) >= 11 is 0. The summed E-state index contributed by atoms with van der Waals surface area (Å²) in [5, 5.41) is 6.71. The highest BCUT2D eigenvalue weighted by Crippen LogP contribution is 2.48. The molecule has 0 spiro atoms. The number of benzene rings is 2. The van der Waals surface area contributed by atoms with Gasteiger partial charge in [0.25, 0.3) is 0 Å². The van der Waals surface area contributed by atoms with Crippen LogP contribution in [0.5, 0.6) is 0 Å². The quantitative estimate of drug-likeness (QED) is 0.329. The largest absolute Gasteiger partial charge is 0.355 e. The van der Waals surface area contributed by atoms with Crippen molar-refractivity contribution in [1.29, 1.82) is 0 Å². The fourth-order valence-electron chi connectivity index (χ4n) is 3.31. The fourth-order valence-corrected chi connectivity index (χ4v) is 3.31. The van der Waals surface area contributed by atoms with E-state index in [0.29, 0.717) is 12.5 Å². The molecule has 1 saturated carbocycles. The van der Waals surface area contributed by atoms with E-state index in [9.17, 15) is 9.18 Å². The standard InChI is InChI=1S/C23H29FN4O.HI/c1-17(18-9-5-4-6-10-18)27-22(25-15-21(29)28(2)3)26-16-23(13-14-23)19-11-7-8-12-20(19)24;/h4-12,17H,13-16H2,1-3H3,(H2,25,26,27);1H. The molecule has 3 rings (SSSR count). The highest BCUT2D eigenvalue weighted by molar-refractivity contribution is 14.0. The lowest BCUT2D eigenvalue weighted by Crippen LogP contribution is -2.43. The maximum Gasteiger partial charge on any atom is 0.243 e. The van der Waals surface area contributed by atoms with Crippen molar-refractivity contribution in [2.24, 2.45) is 4.99 Å². The van der Waals surface area contributed by atoms with Gasteiger partial charge in [-0.2, -0.15) is 0 Å². The van der Waals surface area contributed by atoms with Gasteiger partial charge in [0.1, 0.15) is 12.4 Å². The van der Waals surface area contributed by atoms with E-state index < -0.39 is 0 Å². The van der Waals surface area contributed by atoms with E-state index >= 15 is 0 Å². The molecule has 30 heavy (non-hydrogen) atoms. The summed E-state index contributed by atoms with van der Waals surface area (Å²) in [6.45, 7) is 2.66. The molecule has 5 nitrogen and oxygen atoms in total. The van der Waals surface area contributed by atoms with Crippen LogP contribution in [0.4, 0.5) is 4.39 Å². The molecule has 0 bridgehead atoms. The predicted octanol–water partition coefficient (Wildman–Crippen LogP) is 3.86. The van der Waals surface area contributed by atoms with Crippen molar-refractivity contribution in [3.05, 3.63) is 71.5 Å². The zero-order valence-corrected chi connectivity index (χ0v) is 20.0. The Morgan fingerprint density at radius 3 is 2.37 bits per heavy atom. The average molecular weight is 524 g/mol. The first-order valence-electron chi connectivity index (χ1n) is 9.96. The summed E-state index contributed by atoms with van der Waals surface area (Å²) in [6.07, 6.45) is 1.86. The molecule has 0 heterocycles. The molecular weight excluding hydrogens is 494 g/mol. The molecule has 1 unspecified atom stereocenters. The summed E-state index contributed by atoms with van der Waals surface area (Å²) in [4.78, 5) is 18.0. The first kappa shape index (κ1) is 24.1. The fraction of sp³-hybridized carbons (Fsp3) is 0.391. The molecule has 2 N–H and O–H groups in total. The highest BCUT2D eigenvalue weighted by Gasteiger charge is 2.45. The van der Waals surface area contributed by atoms with Crippen LogP contribution in [0.15, 0.2) is 59.6 Å². The normalized spacial score (nSPS) is 15.5. The van der Waals surface area contributed by atoms with Gasteiger partial charge in [-0.1, -0.05) is 48.5 Å². The Morgan fingerprint density at radius 1 is 1.13 bits per heavy atom. The van der Waals surface area contributed by atoms with Gasteiger partial charge in [-0.25, -0.2) is 9.38 Å². The van der Waals surface area contributed by atoms with Gasteiger partial charge in [-0.05, 0) is 37.0 Å². The molecule has 0 saturated heterocycles. The van der Waals surface area contributed by atoms with Crippen LogP contribution in [-0.2, 0) is 10.2 Å². The Balaban J connectivity index is 0.00000320. The summed E-state index contributed by atoms with van der Waals surface area (Å²) in [5.74, 6) is 0.312. The van der Waals surface area contributed by atoms with E-state index in [0.717, 1.165) is 24.0 Å². The highest BCUT2D eigenvalue weighted by atomic mass is 127. The van der Waals surface area contributed by atoms with Crippen LogP contribution in [0, 0.1) is 5.82 Å². The van der Waals surface area contributed by atoms with E-state index in [1.54, 1.807) is 20.2 Å². The third-order valence-electron chi connectivity index (χ3n) is 5.42. The second kappa shape index (κ2) is 10.7. The van der Waals surface area contributed by atoms with E-state index in [2.05, 4.69) is 15.6 Å². The second-order valence-electron chi connectivity index (χ2n) is 7.84. The van der Waals surface area contributed by atoms with Gasteiger partial charge in [0.15, 0.2) is 5.96 Å². The van der Waals surface area contributed by atoms with Gasteiger partial charge in [-0.3, -0.25) is 4.79 Å². The van der Waals surface area contributed by atoms with Crippen molar-refractivity contribution in [1.82, 2.24) is 15.5 Å². The second-order valence-corrected chi connectivity index (χ2v) is 7.84. The van der Waals surface area contributed by atoms with Crippen molar-refractivity contribution < 1.29 is 9.18 Å². The Kier molecular flexibility index (Phi) is 8.64. The number of nitrogens with one attached hydrogen (secondary N) is 2. The van der Waals surface area contributed by atoms with Crippen LogP contribution < -0.4 is 10.6 Å². The van der Waals surface area contributed by atoms with Crippen molar-refractivity contribution in [3.63, 3.8) is 0 Å². The third-order valence-corrected chi connectivity index (χ3v) is 5.42. The topological polar surface area (TPSA) is 56.7 Å². The van der Waals surface area contributed by atoms with Gasteiger partial charge in [0.2, 0.25) is 5.91 Å². The summed E-state index contributed by atoms with van der Waals surface area (Å²) in [5.41, 5.74) is 1.65. The zero-order valence-electron chi connectivity index (χ0n) is 17.7. The van der Waals surface area contributed by atoms with E-state index in [1.807, 2.05) is 49.4 Å². The monoisotopic (exact) mass is 524 g/mol. The molecule has 2 aromatic rings. The number of likely N-dealkylation sites (N-methyl/N-ethyl adjacent to an activating group) is 1. The number of aliphatic imine (C=N–C) groups is 1. The Labute approximate surface area is 195 Å². The van der Waals surface area contributed by atoms with Crippen LogP contribution in [0.1, 0.15) is 36.9 Å². The van der Waals surface area contributed by atoms with Crippen molar-refractivity contribution in [2.75, 3.05) is 27.2 Å². The van der Waals surface area contributed by atoms with E-state index in [4.69, 9.17) is 0 Å². The smallest absolute Gasteiger partial charge is 0.243 e. The Morgan fingerprint density at radius 2 is 1.77 bits per heavy atom. The van der Waals surface area contributed by atoms with Gasteiger partial charge in [-0.15, -0.1) is 24.0 Å².